The van der Waals surface area contributed by atoms with Gasteiger partial charge in [-0.05, 0) is 83.2 Å². The van der Waals surface area contributed by atoms with Crippen molar-refractivity contribution in [2.45, 2.75) is 0 Å². The van der Waals surface area contributed by atoms with E-state index in [1.165, 1.54) is 38.1 Å². The normalized spacial score (nSPS) is 12.3. The van der Waals surface area contributed by atoms with Crippen LogP contribution in [0.4, 0.5) is 0 Å². The highest BCUT2D eigenvalue weighted by Crippen LogP contribution is 2.46. The molecule has 0 fully saturated rings. The van der Waals surface area contributed by atoms with Gasteiger partial charge in [-0.2, -0.15) is 0 Å². The lowest BCUT2D eigenvalue weighted by atomic mass is 10.00. The van der Waals surface area contributed by atoms with Crippen LogP contribution in [0.2, 0.25) is 0 Å². The monoisotopic (exact) mass is 676 g/mol. The number of fused-ring (bicyclic) bond motifs is 10. The molecular weight excluding hydrogens is 649 g/mol. The van der Waals surface area contributed by atoms with Gasteiger partial charge in [0.15, 0.2) is 0 Å². The molecule has 0 spiro atoms. The molecular formula is C48H28N4O. The topological polar surface area (TPSA) is 44.9 Å². The minimum absolute atomic E-state index is 0.641. The molecule has 246 valence electrons. The molecule has 0 amide bonds. The SMILES string of the molecule is c1ccc(-n2c3ccc(-c4ccc5c(c4)c4ccccc4n5-c4nc5c6c(cccc6n4)Oc4ccccc4-5)cc3c3ccc4ccccc4c32)cc1. The van der Waals surface area contributed by atoms with E-state index in [1.807, 2.05) is 36.4 Å². The van der Waals surface area contributed by atoms with Crippen molar-refractivity contribution >= 4 is 65.3 Å². The van der Waals surface area contributed by atoms with Gasteiger partial charge >= 0.3 is 0 Å². The van der Waals surface area contributed by atoms with Crippen molar-refractivity contribution in [3.05, 3.63) is 170 Å². The lowest BCUT2D eigenvalue weighted by Crippen LogP contribution is -2.06. The van der Waals surface area contributed by atoms with E-state index in [9.17, 15) is 0 Å². The van der Waals surface area contributed by atoms with Gasteiger partial charge in [0.1, 0.15) is 11.5 Å². The van der Waals surface area contributed by atoms with Gasteiger partial charge in [0.25, 0.3) is 0 Å². The molecule has 0 N–H and O–H groups in total. The molecule has 1 aliphatic heterocycles. The highest BCUT2D eigenvalue weighted by molar-refractivity contribution is 6.19. The number of nitrogens with zero attached hydrogens (tertiary/aromatic N) is 4. The fraction of sp³-hybridized carbons (Fsp3) is 0. The molecule has 0 bridgehead atoms. The predicted octanol–water partition coefficient (Wildman–Crippen LogP) is 12.4. The van der Waals surface area contributed by atoms with Crippen LogP contribution >= 0.6 is 0 Å². The van der Waals surface area contributed by atoms with Gasteiger partial charge < -0.3 is 9.30 Å². The van der Waals surface area contributed by atoms with Gasteiger partial charge in [0.05, 0.1) is 38.7 Å². The van der Waals surface area contributed by atoms with E-state index >= 15 is 0 Å². The zero-order valence-corrected chi connectivity index (χ0v) is 28.4. The molecule has 53 heavy (non-hydrogen) atoms. The molecule has 0 atom stereocenters. The Morgan fingerprint density at radius 2 is 1.11 bits per heavy atom. The largest absolute Gasteiger partial charge is 0.456 e. The third-order valence-corrected chi connectivity index (χ3v) is 10.9. The lowest BCUT2D eigenvalue weighted by Gasteiger charge is -2.20. The number of ether oxygens (including phenoxy) is 1. The van der Waals surface area contributed by atoms with E-state index in [0.29, 0.717) is 5.95 Å². The smallest absolute Gasteiger partial charge is 0.235 e. The number of hydrogen-bond donors (Lipinski definition) is 0. The van der Waals surface area contributed by atoms with Gasteiger partial charge in [-0.15, -0.1) is 0 Å². The first-order chi connectivity index (χ1) is 26.3. The molecule has 11 aromatic rings. The standard InChI is InChI=1S/C48H28N4O/c1-2-12-32(13-3-1)51-41-25-22-31(28-38(41)35-24-21-29-11-4-5-14-33(29)47(35)51)30-23-26-42-37(27-30)34-15-6-8-18-40(34)52(42)48-49-39-17-10-20-44-45(39)46(50-48)36-16-7-9-19-43(36)53-44/h1-28H. The number of hydrogen-bond acceptors (Lipinski definition) is 3. The van der Waals surface area contributed by atoms with Gasteiger partial charge in [-0.1, -0.05) is 103 Å². The van der Waals surface area contributed by atoms with Crippen molar-refractivity contribution in [3.63, 3.8) is 0 Å². The van der Waals surface area contributed by atoms with Gasteiger partial charge in [-0.3, -0.25) is 4.57 Å². The summed E-state index contributed by atoms with van der Waals surface area (Å²) in [5.41, 5.74) is 10.8. The number of benzene rings is 8. The van der Waals surface area contributed by atoms with Crippen LogP contribution in [0.25, 0.3) is 99.3 Å². The maximum Gasteiger partial charge on any atom is 0.235 e. The summed E-state index contributed by atoms with van der Waals surface area (Å²) in [5.74, 6) is 2.23. The van der Waals surface area contributed by atoms with Crippen LogP contribution in [0.3, 0.4) is 0 Å². The first kappa shape index (κ1) is 28.5. The summed E-state index contributed by atoms with van der Waals surface area (Å²) in [5, 5.41) is 8.22. The number of aromatic nitrogens is 4. The van der Waals surface area contributed by atoms with Crippen LogP contribution < -0.4 is 4.74 Å². The Balaban J connectivity index is 1.08. The summed E-state index contributed by atoms with van der Waals surface area (Å²) in [6.07, 6.45) is 0. The second kappa shape index (κ2) is 10.6. The Morgan fingerprint density at radius 3 is 1.98 bits per heavy atom. The molecule has 8 aromatic carbocycles. The zero-order valence-electron chi connectivity index (χ0n) is 28.4. The lowest BCUT2D eigenvalue weighted by molar-refractivity contribution is 0.486. The molecule has 0 saturated carbocycles. The van der Waals surface area contributed by atoms with E-state index in [1.54, 1.807) is 0 Å². The molecule has 0 saturated heterocycles. The molecule has 4 heterocycles. The van der Waals surface area contributed by atoms with Gasteiger partial charge in [0.2, 0.25) is 5.95 Å². The Kier molecular flexibility index (Phi) is 5.71. The van der Waals surface area contributed by atoms with Crippen molar-refractivity contribution in [2.24, 2.45) is 0 Å². The fourth-order valence-corrected chi connectivity index (χ4v) is 8.56. The average Bonchev–Trinajstić information content (AvgIpc) is 3.74. The van der Waals surface area contributed by atoms with Gasteiger partial charge in [-0.25, -0.2) is 9.97 Å². The van der Waals surface area contributed by atoms with E-state index in [0.717, 1.165) is 66.7 Å². The predicted molar refractivity (Wildman–Crippen MR) is 217 cm³/mol. The van der Waals surface area contributed by atoms with Crippen molar-refractivity contribution in [1.29, 1.82) is 0 Å². The molecule has 3 aromatic heterocycles. The van der Waals surface area contributed by atoms with Crippen LogP contribution in [0.1, 0.15) is 0 Å². The zero-order chi connectivity index (χ0) is 34.6. The van der Waals surface area contributed by atoms with Crippen LogP contribution in [0.5, 0.6) is 11.5 Å². The molecule has 0 aliphatic carbocycles. The number of para-hydroxylation sites is 3. The van der Waals surface area contributed by atoms with Crippen molar-refractivity contribution in [2.75, 3.05) is 0 Å². The highest BCUT2D eigenvalue weighted by atomic mass is 16.5. The first-order valence-electron chi connectivity index (χ1n) is 17.9. The Labute approximate surface area is 303 Å². The Morgan fingerprint density at radius 1 is 0.434 bits per heavy atom. The highest BCUT2D eigenvalue weighted by Gasteiger charge is 2.24. The minimum atomic E-state index is 0.641. The second-order valence-corrected chi connectivity index (χ2v) is 13.8. The quantitative estimate of drug-likeness (QED) is 0.187. The second-order valence-electron chi connectivity index (χ2n) is 13.8. The van der Waals surface area contributed by atoms with E-state index in [-0.39, 0.29) is 0 Å². The summed E-state index contributed by atoms with van der Waals surface area (Å²) < 4.78 is 10.9. The maximum atomic E-state index is 6.28. The molecule has 0 unspecified atom stereocenters. The van der Waals surface area contributed by atoms with E-state index in [4.69, 9.17) is 14.7 Å². The Hall–Kier alpha value is -7.24. The summed E-state index contributed by atoms with van der Waals surface area (Å²) in [6.45, 7) is 0. The van der Waals surface area contributed by atoms with Crippen molar-refractivity contribution in [3.8, 4) is 45.5 Å². The molecule has 12 rings (SSSR count). The van der Waals surface area contributed by atoms with Crippen molar-refractivity contribution < 1.29 is 4.74 Å². The molecule has 1 aliphatic rings. The Bertz CT molecular complexity index is 3320. The summed E-state index contributed by atoms with van der Waals surface area (Å²) >= 11 is 0. The van der Waals surface area contributed by atoms with Crippen LogP contribution in [-0.4, -0.2) is 19.1 Å². The van der Waals surface area contributed by atoms with Crippen LogP contribution in [-0.2, 0) is 0 Å². The van der Waals surface area contributed by atoms with E-state index in [2.05, 4.69) is 143 Å². The van der Waals surface area contributed by atoms with Crippen molar-refractivity contribution in [1.82, 2.24) is 19.1 Å². The van der Waals surface area contributed by atoms with E-state index < -0.39 is 0 Å². The summed E-state index contributed by atoms with van der Waals surface area (Å²) in [6, 6.07) is 60.3. The fourth-order valence-electron chi connectivity index (χ4n) is 8.56. The van der Waals surface area contributed by atoms with Crippen LogP contribution in [0.15, 0.2) is 170 Å². The third kappa shape index (κ3) is 4.02. The third-order valence-electron chi connectivity index (χ3n) is 10.9. The number of rotatable bonds is 3. The summed E-state index contributed by atoms with van der Waals surface area (Å²) in [4.78, 5) is 10.4. The molecule has 0 radical (unpaired) electrons. The average molecular weight is 677 g/mol. The summed E-state index contributed by atoms with van der Waals surface area (Å²) in [7, 11) is 0. The molecule has 5 nitrogen and oxygen atoms in total. The van der Waals surface area contributed by atoms with Crippen LogP contribution in [0, 0.1) is 0 Å². The maximum absolute atomic E-state index is 6.28. The first-order valence-corrected chi connectivity index (χ1v) is 17.9. The van der Waals surface area contributed by atoms with Gasteiger partial charge in [0, 0.05) is 38.2 Å². The minimum Gasteiger partial charge on any atom is -0.456 e. The molecule has 5 heteroatoms.